The topological polar surface area (TPSA) is 86.9 Å². The minimum atomic E-state index is -0.270. The van der Waals surface area contributed by atoms with Crippen molar-refractivity contribution in [2.75, 3.05) is 11.9 Å². The summed E-state index contributed by atoms with van der Waals surface area (Å²) in [7, 11) is 1.88. The Labute approximate surface area is 185 Å². The lowest BCUT2D eigenvalue weighted by Gasteiger charge is -2.15. The molecule has 4 aromatic rings. The van der Waals surface area contributed by atoms with Gasteiger partial charge < -0.3 is 14.6 Å². The molecule has 1 amide bonds. The molecule has 162 valence electrons. The molecule has 1 aromatic carbocycles. The van der Waals surface area contributed by atoms with E-state index in [4.69, 9.17) is 4.74 Å². The maximum Gasteiger partial charge on any atom is 0.260 e. The fourth-order valence-corrected chi connectivity index (χ4v) is 3.99. The third-order valence-electron chi connectivity index (χ3n) is 5.53. The molecule has 3 aromatic heterocycles. The third-order valence-corrected chi connectivity index (χ3v) is 5.53. The molecule has 0 saturated heterocycles. The van der Waals surface area contributed by atoms with Crippen LogP contribution in [-0.4, -0.2) is 36.8 Å². The van der Waals surface area contributed by atoms with Gasteiger partial charge in [0.05, 0.1) is 17.9 Å². The molecule has 0 saturated carbocycles. The van der Waals surface area contributed by atoms with Crippen molar-refractivity contribution in [3.8, 4) is 28.4 Å². The summed E-state index contributed by atoms with van der Waals surface area (Å²) in [6, 6.07) is 11.2. The molecule has 8 nitrogen and oxygen atoms in total. The Morgan fingerprint density at radius 2 is 2.03 bits per heavy atom. The molecule has 0 unspecified atom stereocenters. The lowest BCUT2D eigenvalue weighted by atomic mass is 10.0. The summed E-state index contributed by atoms with van der Waals surface area (Å²) in [5, 5.41) is 7.34. The largest absolute Gasteiger partial charge is 0.493 e. The average Bonchev–Trinajstić information content (AvgIpc) is 3.39. The number of nitrogens with zero attached hydrogens (tertiary/aromatic N) is 5. The fourth-order valence-electron chi connectivity index (χ4n) is 3.99. The number of aromatic nitrogens is 5. The molecule has 0 spiro atoms. The van der Waals surface area contributed by atoms with E-state index in [1.807, 2.05) is 56.7 Å². The Bertz CT molecular complexity index is 1290. The van der Waals surface area contributed by atoms with Gasteiger partial charge in [-0.3, -0.25) is 9.48 Å². The van der Waals surface area contributed by atoms with Gasteiger partial charge in [0, 0.05) is 37.7 Å². The number of imidazole rings is 1. The van der Waals surface area contributed by atoms with Gasteiger partial charge in [0.2, 0.25) is 0 Å². The Hall–Kier alpha value is -3.94. The molecule has 2 bridgehead atoms. The van der Waals surface area contributed by atoms with Gasteiger partial charge in [-0.05, 0) is 49.6 Å². The molecular weight excluding hydrogens is 404 g/mol. The number of benzene rings is 1. The number of ether oxygens (including phenoxy) is 1. The number of carbonyl (C=O) groups excluding carboxylic acids is 1. The number of hydrogen-bond acceptors (Lipinski definition) is 5. The van der Waals surface area contributed by atoms with Crippen LogP contribution in [0.4, 0.5) is 5.82 Å². The van der Waals surface area contributed by atoms with E-state index in [0.29, 0.717) is 23.7 Å². The first-order valence-electron chi connectivity index (χ1n) is 10.7. The van der Waals surface area contributed by atoms with Gasteiger partial charge in [-0.2, -0.15) is 5.10 Å². The second-order valence-electron chi connectivity index (χ2n) is 7.87. The van der Waals surface area contributed by atoms with Crippen molar-refractivity contribution in [3.63, 3.8) is 0 Å². The van der Waals surface area contributed by atoms with E-state index in [9.17, 15) is 4.79 Å². The number of nitrogens with one attached hydrogen (secondary N) is 1. The average molecular weight is 428 g/mol. The van der Waals surface area contributed by atoms with Crippen molar-refractivity contribution in [2.45, 2.75) is 26.3 Å². The van der Waals surface area contributed by atoms with Gasteiger partial charge in [-0.15, -0.1) is 0 Å². The number of aryl methyl sites for hydroxylation is 3. The molecule has 0 atom stereocenters. The normalized spacial score (nSPS) is 14.0. The van der Waals surface area contributed by atoms with Gasteiger partial charge in [-0.1, -0.05) is 12.1 Å². The maximum atomic E-state index is 13.3. The van der Waals surface area contributed by atoms with Crippen LogP contribution in [0, 0.1) is 6.92 Å². The van der Waals surface area contributed by atoms with Crippen LogP contribution in [0.15, 0.2) is 55.0 Å². The lowest BCUT2D eigenvalue weighted by molar-refractivity contribution is 0.102. The highest BCUT2D eigenvalue weighted by molar-refractivity contribution is 6.06. The van der Waals surface area contributed by atoms with Crippen molar-refractivity contribution in [1.82, 2.24) is 24.3 Å². The molecule has 1 N–H and O–H groups in total. The minimum Gasteiger partial charge on any atom is -0.493 e. The Balaban J connectivity index is 1.55. The number of amides is 1. The van der Waals surface area contributed by atoms with Gasteiger partial charge in [0.15, 0.2) is 5.82 Å². The second kappa shape index (κ2) is 8.30. The van der Waals surface area contributed by atoms with E-state index in [-0.39, 0.29) is 5.91 Å². The number of anilines is 1. The lowest BCUT2D eigenvalue weighted by Crippen LogP contribution is -2.16. The maximum absolute atomic E-state index is 13.3. The van der Waals surface area contributed by atoms with Gasteiger partial charge in [0.1, 0.15) is 17.3 Å². The molecule has 8 heteroatoms. The number of pyridine rings is 1. The zero-order valence-electron chi connectivity index (χ0n) is 18.1. The fraction of sp³-hybridized carbons (Fsp3) is 0.250. The van der Waals surface area contributed by atoms with E-state index in [2.05, 4.69) is 25.0 Å². The first-order valence-corrected chi connectivity index (χ1v) is 10.7. The van der Waals surface area contributed by atoms with Crippen LogP contribution in [-0.2, 0) is 13.6 Å². The smallest absolute Gasteiger partial charge is 0.260 e. The standard InChI is InChI=1S/C24H24N6O2/c1-16-19(15-29(2)28-16)17-8-9-21-18(14-17)24(31)27-22-7-5-6-20(26-22)23-25-10-12-30(23)11-3-4-13-32-21/h5-10,12,14-15H,3-4,11,13H2,1-2H3,(H,26,27,31). The van der Waals surface area contributed by atoms with Crippen molar-refractivity contribution in [3.05, 3.63) is 66.2 Å². The zero-order chi connectivity index (χ0) is 22.1. The van der Waals surface area contributed by atoms with Crippen LogP contribution in [0.5, 0.6) is 5.75 Å². The van der Waals surface area contributed by atoms with Crippen molar-refractivity contribution < 1.29 is 9.53 Å². The minimum absolute atomic E-state index is 0.270. The number of hydrogen-bond donors (Lipinski definition) is 1. The van der Waals surface area contributed by atoms with Gasteiger partial charge in [0.25, 0.3) is 5.91 Å². The monoisotopic (exact) mass is 428 g/mol. The molecular formula is C24H24N6O2. The van der Waals surface area contributed by atoms with E-state index in [0.717, 1.165) is 47.7 Å². The molecule has 4 heterocycles. The highest BCUT2D eigenvalue weighted by atomic mass is 16.5. The molecule has 1 aliphatic rings. The van der Waals surface area contributed by atoms with E-state index < -0.39 is 0 Å². The SMILES string of the molecule is Cc1nn(C)cc1-c1ccc2c(c1)C(=O)Nc1cccc(n1)-c1nccn1CCCCO2. The third kappa shape index (κ3) is 3.87. The van der Waals surface area contributed by atoms with Crippen molar-refractivity contribution in [2.24, 2.45) is 7.05 Å². The summed E-state index contributed by atoms with van der Waals surface area (Å²) in [5.74, 6) is 1.54. The number of rotatable bonds is 1. The Morgan fingerprint density at radius 3 is 2.88 bits per heavy atom. The predicted octanol–water partition coefficient (Wildman–Crippen LogP) is 4.08. The summed E-state index contributed by atoms with van der Waals surface area (Å²) in [5.41, 5.74) is 3.99. The van der Waals surface area contributed by atoms with Crippen LogP contribution in [0.3, 0.4) is 0 Å². The Kier molecular flexibility index (Phi) is 5.18. The van der Waals surface area contributed by atoms with E-state index in [1.54, 1.807) is 16.9 Å². The summed E-state index contributed by atoms with van der Waals surface area (Å²) in [4.78, 5) is 22.4. The second-order valence-corrected chi connectivity index (χ2v) is 7.87. The van der Waals surface area contributed by atoms with E-state index in [1.165, 1.54) is 0 Å². The van der Waals surface area contributed by atoms with Crippen LogP contribution in [0.2, 0.25) is 0 Å². The molecule has 5 rings (SSSR count). The van der Waals surface area contributed by atoms with Crippen molar-refractivity contribution >= 4 is 11.7 Å². The first-order chi connectivity index (χ1) is 15.6. The molecule has 1 aliphatic heterocycles. The summed E-state index contributed by atoms with van der Waals surface area (Å²) in [6.07, 6.45) is 7.46. The highest BCUT2D eigenvalue weighted by Gasteiger charge is 2.18. The van der Waals surface area contributed by atoms with Crippen LogP contribution in [0.25, 0.3) is 22.6 Å². The molecule has 0 aliphatic carbocycles. The van der Waals surface area contributed by atoms with Crippen LogP contribution >= 0.6 is 0 Å². The highest BCUT2D eigenvalue weighted by Crippen LogP contribution is 2.30. The summed E-state index contributed by atoms with van der Waals surface area (Å²) >= 11 is 0. The molecule has 0 radical (unpaired) electrons. The zero-order valence-corrected chi connectivity index (χ0v) is 18.1. The van der Waals surface area contributed by atoms with Crippen LogP contribution < -0.4 is 10.1 Å². The quantitative estimate of drug-likeness (QED) is 0.494. The van der Waals surface area contributed by atoms with Gasteiger partial charge >= 0.3 is 0 Å². The van der Waals surface area contributed by atoms with E-state index >= 15 is 0 Å². The number of carbonyl (C=O) groups is 1. The van der Waals surface area contributed by atoms with Gasteiger partial charge in [-0.25, -0.2) is 9.97 Å². The van der Waals surface area contributed by atoms with Crippen molar-refractivity contribution in [1.29, 1.82) is 0 Å². The number of fused-ring (bicyclic) bond motifs is 5. The first kappa shape index (κ1) is 20.0. The summed E-state index contributed by atoms with van der Waals surface area (Å²) in [6.45, 7) is 3.30. The van der Waals surface area contributed by atoms with Crippen LogP contribution in [0.1, 0.15) is 28.9 Å². The summed E-state index contributed by atoms with van der Waals surface area (Å²) < 4.78 is 9.88. The Morgan fingerprint density at radius 1 is 1.12 bits per heavy atom. The molecule has 0 fully saturated rings. The molecule has 32 heavy (non-hydrogen) atoms. The predicted molar refractivity (Wildman–Crippen MR) is 122 cm³/mol.